The van der Waals surface area contributed by atoms with Crippen LogP contribution in [0.3, 0.4) is 0 Å². The highest BCUT2D eigenvalue weighted by Crippen LogP contribution is 2.25. The number of hydrogen-bond acceptors (Lipinski definition) is 3. The lowest BCUT2D eigenvalue weighted by atomic mass is 9.98. The van der Waals surface area contributed by atoms with Gasteiger partial charge in [0.05, 0.1) is 13.2 Å². The third-order valence-electron chi connectivity index (χ3n) is 3.32. The van der Waals surface area contributed by atoms with Crippen molar-refractivity contribution in [3.63, 3.8) is 0 Å². The molecule has 2 rings (SSSR count). The molecule has 0 saturated heterocycles. The fourth-order valence-electron chi connectivity index (χ4n) is 2.18. The summed E-state index contributed by atoms with van der Waals surface area (Å²) in [6.45, 7) is 2.03. The zero-order chi connectivity index (χ0) is 13.7. The van der Waals surface area contributed by atoms with Crippen LogP contribution in [-0.4, -0.2) is 7.11 Å². The highest BCUT2D eigenvalue weighted by atomic mass is 16.5. The first-order valence-electron chi connectivity index (χ1n) is 6.39. The second-order valence-electron chi connectivity index (χ2n) is 4.64. The number of benzene rings is 2. The summed E-state index contributed by atoms with van der Waals surface area (Å²) in [6.07, 6.45) is 0.851. The monoisotopic (exact) mass is 256 g/mol. The Kier molecular flexibility index (Phi) is 4.55. The summed E-state index contributed by atoms with van der Waals surface area (Å²) in [6, 6.07) is 16.6. The Morgan fingerprint density at radius 1 is 1.16 bits per heavy atom. The van der Waals surface area contributed by atoms with Gasteiger partial charge in [0.25, 0.3) is 0 Å². The van der Waals surface area contributed by atoms with Gasteiger partial charge in [0, 0.05) is 0 Å². The third-order valence-corrected chi connectivity index (χ3v) is 3.32. The number of methoxy groups -OCH3 is 1. The van der Waals surface area contributed by atoms with E-state index in [0.29, 0.717) is 0 Å². The predicted octanol–water partition coefficient (Wildman–Crippen LogP) is 2.75. The van der Waals surface area contributed by atoms with Crippen molar-refractivity contribution in [1.29, 1.82) is 0 Å². The molecular formula is C16H20N2O. The summed E-state index contributed by atoms with van der Waals surface area (Å²) >= 11 is 0. The average Bonchev–Trinajstić information content (AvgIpc) is 2.46. The zero-order valence-corrected chi connectivity index (χ0v) is 11.4. The lowest BCUT2D eigenvalue weighted by Crippen LogP contribution is -2.29. The molecular weight excluding hydrogens is 236 g/mol. The van der Waals surface area contributed by atoms with Crippen LogP contribution < -0.4 is 16.0 Å². The second-order valence-corrected chi connectivity index (χ2v) is 4.64. The molecule has 0 bridgehead atoms. The Morgan fingerprint density at radius 3 is 2.53 bits per heavy atom. The van der Waals surface area contributed by atoms with Crippen molar-refractivity contribution in [3.8, 4) is 5.75 Å². The van der Waals surface area contributed by atoms with Crippen molar-refractivity contribution in [3.05, 3.63) is 65.2 Å². The SMILES string of the molecule is COc1cc(C(Cc2ccccc2)NN)ccc1C. The van der Waals surface area contributed by atoms with E-state index in [-0.39, 0.29) is 6.04 Å². The molecule has 0 aromatic heterocycles. The molecule has 0 aliphatic rings. The number of hydrazine groups is 1. The van der Waals surface area contributed by atoms with Crippen molar-refractivity contribution < 1.29 is 4.74 Å². The molecule has 1 unspecified atom stereocenters. The molecule has 0 saturated carbocycles. The summed E-state index contributed by atoms with van der Waals surface area (Å²) in [5.74, 6) is 6.59. The molecule has 0 heterocycles. The summed E-state index contributed by atoms with van der Waals surface area (Å²) in [5.41, 5.74) is 6.40. The van der Waals surface area contributed by atoms with E-state index in [1.807, 2.05) is 31.2 Å². The summed E-state index contributed by atoms with van der Waals surface area (Å²) in [7, 11) is 1.69. The Labute approximate surface area is 114 Å². The van der Waals surface area contributed by atoms with Crippen molar-refractivity contribution in [1.82, 2.24) is 5.43 Å². The Hall–Kier alpha value is -1.84. The van der Waals surface area contributed by atoms with Gasteiger partial charge in [-0.2, -0.15) is 0 Å². The van der Waals surface area contributed by atoms with Crippen molar-refractivity contribution >= 4 is 0 Å². The lowest BCUT2D eigenvalue weighted by molar-refractivity contribution is 0.410. The minimum atomic E-state index is 0.0805. The minimum Gasteiger partial charge on any atom is -0.496 e. The normalized spacial score (nSPS) is 12.2. The van der Waals surface area contributed by atoms with Gasteiger partial charge in [0.2, 0.25) is 0 Å². The number of hydrogen-bond donors (Lipinski definition) is 2. The van der Waals surface area contributed by atoms with E-state index in [0.717, 1.165) is 23.3 Å². The number of nitrogens with one attached hydrogen (secondary N) is 1. The quantitative estimate of drug-likeness (QED) is 0.639. The van der Waals surface area contributed by atoms with Crippen LogP contribution in [-0.2, 0) is 6.42 Å². The van der Waals surface area contributed by atoms with Crippen LogP contribution in [0, 0.1) is 6.92 Å². The van der Waals surface area contributed by atoms with Gasteiger partial charge in [-0.15, -0.1) is 0 Å². The maximum absolute atomic E-state index is 5.69. The maximum Gasteiger partial charge on any atom is 0.122 e. The molecule has 0 aliphatic carbocycles. The molecule has 2 aromatic rings. The largest absolute Gasteiger partial charge is 0.496 e. The van der Waals surface area contributed by atoms with Gasteiger partial charge in [-0.3, -0.25) is 11.3 Å². The van der Waals surface area contributed by atoms with Crippen LogP contribution in [0.15, 0.2) is 48.5 Å². The predicted molar refractivity (Wildman–Crippen MR) is 77.9 cm³/mol. The summed E-state index contributed by atoms with van der Waals surface area (Å²) in [4.78, 5) is 0. The lowest BCUT2D eigenvalue weighted by Gasteiger charge is -2.18. The number of rotatable bonds is 5. The fourth-order valence-corrected chi connectivity index (χ4v) is 2.18. The number of ether oxygens (including phenoxy) is 1. The first-order valence-corrected chi connectivity index (χ1v) is 6.39. The molecule has 1 atom stereocenters. The highest BCUT2D eigenvalue weighted by molar-refractivity contribution is 5.38. The van der Waals surface area contributed by atoms with Crippen LogP contribution in [0.2, 0.25) is 0 Å². The molecule has 3 nitrogen and oxygen atoms in total. The molecule has 2 aromatic carbocycles. The fraction of sp³-hybridized carbons (Fsp3) is 0.250. The van der Waals surface area contributed by atoms with Gasteiger partial charge in [0.1, 0.15) is 5.75 Å². The molecule has 3 heteroatoms. The zero-order valence-electron chi connectivity index (χ0n) is 11.4. The summed E-state index contributed by atoms with van der Waals surface area (Å²) in [5, 5.41) is 0. The van der Waals surface area contributed by atoms with E-state index >= 15 is 0 Å². The average molecular weight is 256 g/mol. The number of nitrogens with two attached hydrogens (primary N) is 1. The Balaban J connectivity index is 2.22. The topological polar surface area (TPSA) is 47.3 Å². The molecule has 0 spiro atoms. The van der Waals surface area contributed by atoms with Gasteiger partial charge in [-0.1, -0.05) is 42.5 Å². The van der Waals surface area contributed by atoms with Gasteiger partial charge in [-0.25, -0.2) is 0 Å². The standard InChI is InChI=1S/C16H20N2O/c1-12-8-9-14(11-16(12)19-2)15(18-17)10-13-6-4-3-5-7-13/h3-9,11,15,18H,10,17H2,1-2H3. The van der Waals surface area contributed by atoms with Crippen LogP contribution in [0.25, 0.3) is 0 Å². The van der Waals surface area contributed by atoms with Crippen molar-refractivity contribution in [2.45, 2.75) is 19.4 Å². The number of aryl methyl sites for hydroxylation is 1. The van der Waals surface area contributed by atoms with Gasteiger partial charge in [0.15, 0.2) is 0 Å². The van der Waals surface area contributed by atoms with Crippen LogP contribution in [0.4, 0.5) is 0 Å². The highest BCUT2D eigenvalue weighted by Gasteiger charge is 2.12. The summed E-state index contributed by atoms with van der Waals surface area (Å²) < 4.78 is 5.36. The molecule has 3 N–H and O–H groups in total. The first kappa shape index (κ1) is 13.6. The second kappa shape index (κ2) is 6.36. The van der Waals surface area contributed by atoms with E-state index in [1.165, 1.54) is 5.56 Å². The Bertz CT molecular complexity index is 526. The molecule has 0 fully saturated rings. The van der Waals surface area contributed by atoms with Gasteiger partial charge in [-0.05, 0) is 36.1 Å². The van der Waals surface area contributed by atoms with Crippen LogP contribution >= 0.6 is 0 Å². The molecule has 0 radical (unpaired) electrons. The molecule has 100 valence electrons. The van der Waals surface area contributed by atoms with Crippen molar-refractivity contribution in [2.75, 3.05) is 7.11 Å². The molecule has 19 heavy (non-hydrogen) atoms. The van der Waals surface area contributed by atoms with Crippen LogP contribution in [0.1, 0.15) is 22.7 Å². The minimum absolute atomic E-state index is 0.0805. The smallest absolute Gasteiger partial charge is 0.122 e. The Morgan fingerprint density at radius 2 is 1.89 bits per heavy atom. The maximum atomic E-state index is 5.69. The molecule has 0 aliphatic heterocycles. The van der Waals surface area contributed by atoms with E-state index < -0.39 is 0 Å². The van der Waals surface area contributed by atoms with E-state index in [2.05, 4.69) is 29.7 Å². The van der Waals surface area contributed by atoms with Crippen molar-refractivity contribution in [2.24, 2.45) is 5.84 Å². The van der Waals surface area contributed by atoms with E-state index in [9.17, 15) is 0 Å². The van der Waals surface area contributed by atoms with E-state index in [4.69, 9.17) is 10.6 Å². The molecule has 0 amide bonds. The van der Waals surface area contributed by atoms with E-state index in [1.54, 1.807) is 7.11 Å². The first-order chi connectivity index (χ1) is 9.24. The third kappa shape index (κ3) is 3.34. The van der Waals surface area contributed by atoms with Gasteiger partial charge < -0.3 is 4.74 Å². The van der Waals surface area contributed by atoms with Crippen LogP contribution in [0.5, 0.6) is 5.75 Å². The van der Waals surface area contributed by atoms with Gasteiger partial charge >= 0.3 is 0 Å².